The van der Waals surface area contributed by atoms with Gasteiger partial charge in [0, 0.05) is 0 Å². The first-order valence-corrected chi connectivity index (χ1v) is 4.79. The second-order valence-electron chi connectivity index (χ2n) is 3.19. The van der Waals surface area contributed by atoms with Gasteiger partial charge in [0.1, 0.15) is 12.0 Å². The fourth-order valence-electron chi connectivity index (χ4n) is 1.11. The molecule has 1 N–H and O–H groups in total. The molecule has 0 aliphatic heterocycles. The van der Waals surface area contributed by atoms with Gasteiger partial charge in [0.15, 0.2) is 0 Å². The number of aliphatic carboxylic acids is 1. The highest BCUT2D eigenvalue weighted by atomic mass is 16.5. The van der Waals surface area contributed by atoms with Crippen LogP contribution < -0.4 is 4.74 Å². The molecule has 0 amide bonds. The molecular formula is C12H14O3. The molecule has 15 heavy (non-hydrogen) atoms. The summed E-state index contributed by atoms with van der Waals surface area (Å²) in [6.07, 6.45) is 2.12. The van der Waals surface area contributed by atoms with Crippen molar-refractivity contribution in [2.75, 3.05) is 0 Å². The molecule has 0 aromatic heterocycles. The Morgan fingerprint density at radius 2 is 2.13 bits per heavy atom. The molecule has 0 radical (unpaired) electrons. The van der Waals surface area contributed by atoms with Crippen molar-refractivity contribution in [1.82, 2.24) is 0 Å². The molecule has 3 heteroatoms. The van der Waals surface area contributed by atoms with Gasteiger partial charge in [0.2, 0.25) is 0 Å². The minimum Gasteiger partial charge on any atom is -0.478 e. The van der Waals surface area contributed by atoms with Crippen LogP contribution in [-0.4, -0.2) is 11.1 Å². The quantitative estimate of drug-likeness (QED) is 0.608. The number of aryl methyl sites for hydroxylation is 1. The lowest BCUT2D eigenvalue weighted by Crippen LogP contribution is -1.99. The van der Waals surface area contributed by atoms with Crippen LogP contribution in [0.2, 0.25) is 0 Å². The van der Waals surface area contributed by atoms with Crippen LogP contribution in [0.5, 0.6) is 5.75 Å². The zero-order valence-corrected chi connectivity index (χ0v) is 8.86. The topological polar surface area (TPSA) is 46.5 Å². The molecule has 1 aromatic rings. The van der Waals surface area contributed by atoms with E-state index in [0.717, 1.165) is 12.0 Å². The summed E-state index contributed by atoms with van der Waals surface area (Å²) in [5.74, 6) is -0.260. The van der Waals surface area contributed by atoms with E-state index in [0.29, 0.717) is 5.75 Å². The molecule has 0 heterocycles. The summed E-state index contributed by atoms with van der Waals surface area (Å²) < 4.78 is 5.31. The second kappa shape index (κ2) is 5.20. The van der Waals surface area contributed by atoms with E-state index in [9.17, 15) is 4.79 Å². The van der Waals surface area contributed by atoms with E-state index in [2.05, 4.69) is 0 Å². The summed E-state index contributed by atoms with van der Waals surface area (Å²) in [6, 6.07) is 7.57. The van der Waals surface area contributed by atoms with Gasteiger partial charge in [-0.3, -0.25) is 0 Å². The van der Waals surface area contributed by atoms with Crippen LogP contribution >= 0.6 is 0 Å². The van der Waals surface area contributed by atoms with Crippen molar-refractivity contribution in [1.29, 1.82) is 0 Å². The third kappa shape index (κ3) is 3.13. The zero-order valence-electron chi connectivity index (χ0n) is 8.86. The number of carboxylic acid groups (broad SMARTS) is 1. The van der Waals surface area contributed by atoms with E-state index in [1.54, 1.807) is 0 Å². The minimum absolute atomic E-state index is 0.181. The van der Waals surface area contributed by atoms with Gasteiger partial charge in [-0.1, -0.05) is 25.1 Å². The first kappa shape index (κ1) is 11.3. The fourth-order valence-corrected chi connectivity index (χ4v) is 1.11. The van der Waals surface area contributed by atoms with Crippen molar-refractivity contribution in [3.8, 4) is 5.75 Å². The van der Waals surface area contributed by atoms with Crippen LogP contribution in [0.1, 0.15) is 19.4 Å². The van der Waals surface area contributed by atoms with Gasteiger partial charge in [-0.25, -0.2) is 4.79 Å². The lowest BCUT2D eigenvalue weighted by molar-refractivity contribution is -0.132. The highest BCUT2D eigenvalue weighted by Crippen LogP contribution is 2.18. The molecule has 0 spiro atoms. The average molecular weight is 206 g/mol. The minimum atomic E-state index is -0.969. The van der Waals surface area contributed by atoms with Crippen LogP contribution in [-0.2, 0) is 11.2 Å². The van der Waals surface area contributed by atoms with E-state index < -0.39 is 5.97 Å². The highest BCUT2D eigenvalue weighted by molar-refractivity contribution is 5.85. The summed E-state index contributed by atoms with van der Waals surface area (Å²) in [5.41, 5.74) is 1.24. The Labute approximate surface area is 89.0 Å². The maximum absolute atomic E-state index is 10.5. The normalized spacial score (nSPS) is 11.2. The van der Waals surface area contributed by atoms with Crippen LogP contribution in [0.25, 0.3) is 0 Å². The van der Waals surface area contributed by atoms with E-state index in [1.807, 2.05) is 31.2 Å². The average Bonchev–Trinajstić information content (AvgIpc) is 2.26. The summed E-state index contributed by atoms with van der Waals surface area (Å²) in [7, 11) is 0. The fraction of sp³-hybridized carbons (Fsp3) is 0.250. The monoisotopic (exact) mass is 206 g/mol. The number of benzene rings is 1. The Kier molecular flexibility index (Phi) is 3.92. The molecule has 0 unspecified atom stereocenters. The molecule has 0 saturated heterocycles. The summed E-state index contributed by atoms with van der Waals surface area (Å²) in [5, 5.41) is 8.64. The van der Waals surface area contributed by atoms with Gasteiger partial charge in [-0.15, -0.1) is 0 Å². The molecule has 80 valence electrons. The van der Waals surface area contributed by atoms with E-state index in [4.69, 9.17) is 9.84 Å². The van der Waals surface area contributed by atoms with Gasteiger partial charge >= 0.3 is 5.97 Å². The number of para-hydroxylation sites is 1. The van der Waals surface area contributed by atoms with Gasteiger partial charge in [-0.2, -0.15) is 0 Å². The van der Waals surface area contributed by atoms with Gasteiger partial charge in [0.05, 0.1) is 5.57 Å². The van der Waals surface area contributed by atoms with Crippen molar-refractivity contribution in [3.63, 3.8) is 0 Å². The van der Waals surface area contributed by atoms with Gasteiger partial charge in [-0.05, 0) is 25.0 Å². The summed E-state index contributed by atoms with van der Waals surface area (Å²) in [6.45, 7) is 3.52. The second-order valence-corrected chi connectivity index (χ2v) is 3.19. The first-order chi connectivity index (χ1) is 7.15. The Hall–Kier alpha value is -1.77. The standard InChI is InChI=1S/C12H14O3/c1-3-10-6-4-5-7-11(10)15-8-9(2)12(13)14/h4-8H,3H2,1-2H3,(H,13,14). The van der Waals surface area contributed by atoms with Crippen LogP contribution in [0, 0.1) is 0 Å². The molecule has 3 nitrogen and oxygen atoms in total. The molecular weight excluding hydrogens is 192 g/mol. The van der Waals surface area contributed by atoms with Crippen LogP contribution in [0.4, 0.5) is 0 Å². The van der Waals surface area contributed by atoms with Crippen molar-refractivity contribution >= 4 is 5.97 Å². The molecule has 1 aromatic carbocycles. The number of hydrogen-bond donors (Lipinski definition) is 1. The van der Waals surface area contributed by atoms with Gasteiger partial charge < -0.3 is 9.84 Å². The molecule has 0 aliphatic rings. The zero-order chi connectivity index (χ0) is 11.3. The smallest absolute Gasteiger partial charge is 0.334 e. The van der Waals surface area contributed by atoms with Crippen molar-refractivity contribution in [2.45, 2.75) is 20.3 Å². The molecule has 1 rings (SSSR count). The van der Waals surface area contributed by atoms with E-state index in [-0.39, 0.29) is 5.57 Å². The van der Waals surface area contributed by atoms with Crippen LogP contribution in [0.15, 0.2) is 36.1 Å². The molecule has 0 saturated carbocycles. The van der Waals surface area contributed by atoms with Crippen molar-refractivity contribution in [2.24, 2.45) is 0 Å². The molecule has 0 aliphatic carbocycles. The SMILES string of the molecule is CCc1ccccc1OC=C(C)C(=O)O. The number of rotatable bonds is 4. The number of hydrogen-bond acceptors (Lipinski definition) is 2. The van der Waals surface area contributed by atoms with E-state index >= 15 is 0 Å². The number of ether oxygens (including phenoxy) is 1. The molecule has 0 fully saturated rings. The first-order valence-electron chi connectivity index (χ1n) is 4.79. The Morgan fingerprint density at radius 3 is 2.73 bits per heavy atom. The predicted molar refractivity (Wildman–Crippen MR) is 57.8 cm³/mol. The summed E-state index contributed by atoms with van der Waals surface area (Å²) >= 11 is 0. The third-order valence-electron chi connectivity index (χ3n) is 2.05. The number of carboxylic acids is 1. The highest BCUT2D eigenvalue weighted by Gasteiger charge is 2.02. The maximum Gasteiger partial charge on any atom is 0.334 e. The van der Waals surface area contributed by atoms with Crippen molar-refractivity contribution in [3.05, 3.63) is 41.7 Å². The third-order valence-corrected chi connectivity index (χ3v) is 2.05. The Balaban J connectivity index is 2.81. The van der Waals surface area contributed by atoms with Crippen molar-refractivity contribution < 1.29 is 14.6 Å². The molecule has 0 bridgehead atoms. The van der Waals surface area contributed by atoms with Crippen LogP contribution in [0.3, 0.4) is 0 Å². The lowest BCUT2D eigenvalue weighted by atomic mass is 10.1. The molecule has 0 atom stereocenters. The maximum atomic E-state index is 10.5. The predicted octanol–water partition coefficient (Wildman–Crippen LogP) is 2.62. The summed E-state index contributed by atoms with van der Waals surface area (Å²) in [4.78, 5) is 10.5. The largest absolute Gasteiger partial charge is 0.478 e. The Morgan fingerprint density at radius 1 is 1.47 bits per heavy atom. The van der Waals surface area contributed by atoms with Gasteiger partial charge in [0.25, 0.3) is 0 Å². The Bertz CT molecular complexity index is 380. The van der Waals surface area contributed by atoms with E-state index in [1.165, 1.54) is 13.2 Å². The number of carbonyl (C=O) groups is 1. The lowest BCUT2D eigenvalue weighted by Gasteiger charge is -2.06.